The highest BCUT2D eigenvalue weighted by Gasteiger charge is 2.38. The fraction of sp³-hybridized carbons (Fsp3) is 0.267. The Morgan fingerprint density at radius 3 is 2.81 bits per heavy atom. The average Bonchev–Trinajstić information content (AvgIpc) is 3.09. The van der Waals surface area contributed by atoms with Crippen LogP contribution in [0.4, 0.5) is 5.69 Å². The molecule has 1 saturated heterocycles. The predicted molar refractivity (Wildman–Crippen MR) is 77.6 cm³/mol. The maximum absolute atomic E-state index is 12.3. The number of anilines is 1. The van der Waals surface area contributed by atoms with Gasteiger partial charge in [0.25, 0.3) is 5.91 Å². The van der Waals surface area contributed by atoms with Crippen molar-refractivity contribution in [3.8, 4) is 0 Å². The quantitative estimate of drug-likeness (QED) is 0.799. The van der Waals surface area contributed by atoms with Crippen LogP contribution in [-0.2, 0) is 16.0 Å². The second kappa shape index (κ2) is 5.88. The molecule has 0 radical (unpaired) electrons. The average molecular weight is 284 g/mol. The summed E-state index contributed by atoms with van der Waals surface area (Å²) < 4.78 is 0. The molecule has 6 nitrogen and oxygen atoms in total. The summed E-state index contributed by atoms with van der Waals surface area (Å²) in [5, 5.41) is 3.14. The van der Waals surface area contributed by atoms with Crippen molar-refractivity contribution >= 4 is 17.5 Å². The first-order valence-corrected chi connectivity index (χ1v) is 6.88. The van der Waals surface area contributed by atoms with Crippen molar-refractivity contribution in [2.75, 3.05) is 11.4 Å². The molecule has 0 aliphatic carbocycles. The van der Waals surface area contributed by atoms with Crippen LogP contribution >= 0.6 is 0 Å². The number of hydrogen-bond acceptors (Lipinski definition) is 4. The molecule has 108 valence electrons. The van der Waals surface area contributed by atoms with Crippen molar-refractivity contribution in [3.05, 3.63) is 48.5 Å². The maximum Gasteiger partial charge on any atom is 0.251 e. The number of rotatable bonds is 5. The molecule has 3 rings (SSSR count). The van der Waals surface area contributed by atoms with Crippen molar-refractivity contribution in [2.45, 2.75) is 18.9 Å². The second-order valence-electron chi connectivity index (χ2n) is 4.94. The van der Waals surface area contributed by atoms with Gasteiger partial charge in [-0.25, -0.2) is 9.88 Å². The van der Waals surface area contributed by atoms with Crippen LogP contribution in [0.1, 0.15) is 12.1 Å². The lowest BCUT2D eigenvalue weighted by Crippen LogP contribution is -2.39. The normalized spacial score (nSPS) is 18.5. The Morgan fingerprint density at radius 2 is 2.10 bits per heavy atom. The summed E-state index contributed by atoms with van der Waals surface area (Å²) in [5.41, 5.74) is 1.63. The first-order chi connectivity index (χ1) is 10.3. The van der Waals surface area contributed by atoms with Gasteiger partial charge in [-0.15, -0.1) is 0 Å². The lowest BCUT2D eigenvalue weighted by molar-refractivity contribution is -0.121. The van der Waals surface area contributed by atoms with E-state index in [4.69, 9.17) is 0 Å². The zero-order valence-electron chi connectivity index (χ0n) is 11.5. The lowest BCUT2D eigenvalue weighted by Gasteiger charge is -2.15. The molecule has 2 aromatic rings. The van der Waals surface area contributed by atoms with Gasteiger partial charge in [0.2, 0.25) is 5.91 Å². The number of benzene rings is 1. The van der Waals surface area contributed by atoms with Crippen LogP contribution in [0.25, 0.3) is 0 Å². The van der Waals surface area contributed by atoms with Crippen molar-refractivity contribution in [2.24, 2.45) is 0 Å². The van der Waals surface area contributed by atoms with E-state index in [1.807, 2.05) is 18.2 Å². The minimum atomic E-state index is -0.444. The number of imidazole rings is 1. The SMILES string of the molecule is O=C1CC(NCCc2cnc[nH]2)C(=O)N1c1ccccc1. The number of aromatic amines is 1. The minimum Gasteiger partial charge on any atom is -0.348 e. The third-order valence-corrected chi connectivity index (χ3v) is 3.50. The fourth-order valence-corrected chi connectivity index (χ4v) is 2.44. The van der Waals surface area contributed by atoms with Crippen LogP contribution in [0.2, 0.25) is 0 Å². The fourth-order valence-electron chi connectivity index (χ4n) is 2.44. The highest BCUT2D eigenvalue weighted by molar-refractivity contribution is 6.22. The number of nitrogens with zero attached hydrogens (tertiary/aromatic N) is 2. The van der Waals surface area contributed by atoms with Gasteiger partial charge in [-0.05, 0) is 12.1 Å². The zero-order valence-corrected chi connectivity index (χ0v) is 11.5. The van der Waals surface area contributed by atoms with Gasteiger partial charge in [0.05, 0.1) is 24.5 Å². The smallest absolute Gasteiger partial charge is 0.251 e. The van der Waals surface area contributed by atoms with Crippen LogP contribution in [0.5, 0.6) is 0 Å². The molecule has 0 spiro atoms. The van der Waals surface area contributed by atoms with E-state index < -0.39 is 6.04 Å². The standard InChI is InChI=1S/C15H16N4O2/c20-14-8-13(17-7-6-11-9-16-10-18-11)15(21)19(14)12-4-2-1-3-5-12/h1-5,9-10,13,17H,6-8H2,(H,16,18). The monoisotopic (exact) mass is 284 g/mol. The third-order valence-electron chi connectivity index (χ3n) is 3.50. The summed E-state index contributed by atoms with van der Waals surface area (Å²) in [5.74, 6) is -0.346. The van der Waals surface area contributed by atoms with E-state index in [1.54, 1.807) is 24.7 Å². The van der Waals surface area contributed by atoms with Crippen molar-refractivity contribution in [3.63, 3.8) is 0 Å². The Labute approximate surface area is 122 Å². The molecule has 6 heteroatoms. The molecule has 1 aromatic carbocycles. The van der Waals surface area contributed by atoms with Gasteiger partial charge in [-0.1, -0.05) is 18.2 Å². The van der Waals surface area contributed by atoms with Gasteiger partial charge in [0, 0.05) is 24.9 Å². The summed E-state index contributed by atoms with van der Waals surface area (Å²) in [6.07, 6.45) is 4.32. The molecule has 0 saturated carbocycles. The van der Waals surface area contributed by atoms with E-state index in [2.05, 4.69) is 15.3 Å². The Balaban J connectivity index is 1.61. The molecule has 0 bridgehead atoms. The van der Waals surface area contributed by atoms with Gasteiger partial charge in [-0.2, -0.15) is 0 Å². The van der Waals surface area contributed by atoms with Gasteiger partial charge in [0.15, 0.2) is 0 Å². The predicted octanol–water partition coefficient (Wildman–Crippen LogP) is 0.874. The first kappa shape index (κ1) is 13.5. The van der Waals surface area contributed by atoms with Crippen molar-refractivity contribution in [1.82, 2.24) is 15.3 Å². The van der Waals surface area contributed by atoms with Crippen molar-refractivity contribution in [1.29, 1.82) is 0 Å². The molecule has 1 fully saturated rings. The Bertz CT molecular complexity index is 624. The van der Waals surface area contributed by atoms with E-state index in [0.29, 0.717) is 12.2 Å². The number of para-hydroxylation sites is 1. The number of carbonyl (C=O) groups excluding carboxylic acids is 2. The molecule has 1 aromatic heterocycles. The Morgan fingerprint density at radius 1 is 1.29 bits per heavy atom. The number of hydrogen-bond donors (Lipinski definition) is 2. The Kier molecular flexibility index (Phi) is 3.79. The van der Waals surface area contributed by atoms with Crippen LogP contribution in [0.15, 0.2) is 42.9 Å². The first-order valence-electron chi connectivity index (χ1n) is 6.88. The summed E-state index contributed by atoms with van der Waals surface area (Å²) in [4.78, 5) is 32.6. The zero-order chi connectivity index (χ0) is 14.7. The van der Waals surface area contributed by atoms with Gasteiger partial charge < -0.3 is 10.3 Å². The summed E-state index contributed by atoms with van der Waals surface area (Å²) in [6, 6.07) is 8.57. The number of aromatic nitrogens is 2. The highest BCUT2D eigenvalue weighted by Crippen LogP contribution is 2.22. The van der Waals surface area contributed by atoms with Crippen LogP contribution < -0.4 is 10.2 Å². The van der Waals surface area contributed by atoms with Crippen molar-refractivity contribution < 1.29 is 9.59 Å². The molecule has 1 atom stereocenters. The molecule has 2 N–H and O–H groups in total. The lowest BCUT2D eigenvalue weighted by atomic mass is 10.2. The number of nitrogens with one attached hydrogen (secondary N) is 2. The van der Waals surface area contributed by atoms with E-state index in [0.717, 1.165) is 12.1 Å². The largest absolute Gasteiger partial charge is 0.348 e. The molecule has 21 heavy (non-hydrogen) atoms. The number of carbonyl (C=O) groups is 2. The van der Waals surface area contributed by atoms with Crippen LogP contribution in [-0.4, -0.2) is 34.4 Å². The van der Waals surface area contributed by atoms with E-state index in [-0.39, 0.29) is 18.2 Å². The highest BCUT2D eigenvalue weighted by atomic mass is 16.2. The summed E-state index contributed by atoms with van der Waals surface area (Å²) in [6.45, 7) is 0.620. The van der Waals surface area contributed by atoms with Gasteiger partial charge >= 0.3 is 0 Å². The van der Waals surface area contributed by atoms with E-state index >= 15 is 0 Å². The Hall–Kier alpha value is -2.47. The van der Waals surface area contributed by atoms with E-state index in [1.165, 1.54) is 4.90 Å². The van der Waals surface area contributed by atoms with Gasteiger partial charge in [0.1, 0.15) is 0 Å². The molecular weight excluding hydrogens is 268 g/mol. The molecule has 1 unspecified atom stereocenters. The second-order valence-corrected chi connectivity index (χ2v) is 4.94. The maximum atomic E-state index is 12.3. The minimum absolute atomic E-state index is 0.162. The third kappa shape index (κ3) is 2.85. The molecule has 1 aliphatic heterocycles. The number of amides is 2. The molecule has 2 heterocycles. The van der Waals surface area contributed by atoms with Crippen LogP contribution in [0.3, 0.4) is 0 Å². The number of imide groups is 1. The summed E-state index contributed by atoms with van der Waals surface area (Å²) in [7, 11) is 0. The molecule has 2 amide bonds. The summed E-state index contributed by atoms with van der Waals surface area (Å²) >= 11 is 0. The molecule has 1 aliphatic rings. The number of H-pyrrole nitrogens is 1. The topological polar surface area (TPSA) is 78.1 Å². The van der Waals surface area contributed by atoms with E-state index in [9.17, 15) is 9.59 Å². The van der Waals surface area contributed by atoms with Crippen LogP contribution in [0, 0.1) is 0 Å². The van der Waals surface area contributed by atoms with Gasteiger partial charge in [-0.3, -0.25) is 9.59 Å². The molecular formula is C15H16N4O2.